The Kier molecular flexibility index (Phi) is 5.70. The molecule has 2 fully saturated rings. The molecule has 4 rings (SSSR count). The van der Waals surface area contributed by atoms with Crippen LogP contribution in [0.1, 0.15) is 62.4 Å². The standard InChI is InChI=1S/C21H28N4O2/c26-19(17-11-8-12-17)22-18(15-16-9-4-3-5-10-16)20-23-24-21(27-20)25-13-6-1-2-7-14-25/h3-5,9-10,17-18H,1-2,6-8,11-15H2,(H,22,26). The van der Waals surface area contributed by atoms with Crippen molar-refractivity contribution in [1.29, 1.82) is 0 Å². The molecule has 1 aliphatic carbocycles. The molecular formula is C21H28N4O2. The van der Waals surface area contributed by atoms with Gasteiger partial charge in [-0.15, -0.1) is 5.10 Å². The SMILES string of the molecule is O=C(NC(Cc1ccccc1)c1nnc(N2CCCCCC2)o1)C1CCC1. The van der Waals surface area contributed by atoms with Gasteiger partial charge < -0.3 is 14.6 Å². The first-order valence-corrected chi connectivity index (χ1v) is 10.2. The van der Waals surface area contributed by atoms with Crippen LogP contribution in [-0.4, -0.2) is 29.2 Å². The number of benzene rings is 1. The largest absolute Gasteiger partial charge is 0.406 e. The van der Waals surface area contributed by atoms with Gasteiger partial charge in [-0.05, 0) is 31.2 Å². The van der Waals surface area contributed by atoms with Gasteiger partial charge in [0.15, 0.2) is 0 Å². The minimum atomic E-state index is -0.284. The highest BCUT2D eigenvalue weighted by Gasteiger charge is 2.30. The fourth-order valence-electron chi connectivity index (χ4n) is 3.77. The fraction of sp³-hybridized carbons (Fsp3) is 0.571. The van der Waals surface area contributed by atoms with Crippen LogP contribution in [0.4, 0.5) is 6.01 Å². The number of rotatable bonds is 6. The summed E-state index contributed by atoms with van der Waals surface area (Å²) in [6.07, 6.45) is 8.58. The molecule has 1 atom stereocenters. The molecule has 6 nitrogen and oxygen atoms in total. The number of anilines is 1. The van der Waals surface area contributed by atoms with E-state index < -0.39 is 0 Å². The number of amides is 1. The van der Waals surface area contributed by atoms with Gasteiger partial charge in [-0.2, -0.15) is 0 Å². The van der Waals surface area contributed by atoms with Gasteiger partial charge in [-0.1, -0.05) is 54.7 Å². The van der Waals surface area contributed by atoms with Gasteiger partial charge in [-0.3, -0.25) is 4.79 Å². The Balaban J connectivity index is 1.51. The first-order chi connectivity index (χ1) is 13.3. The Hall–Kier alpha value is -2.37. The molecule has 2 aromatic rings. The zero-order valence-corrected chi connectivity index (χ0v) is 15.8. The van der Waals surface area contributed by atoms with Crippen molar-refractivity contribution in [2.75, 3.05) is 18.0 Å². The second-order valence-corrected chi connectivity index (χ2v) is 7.70. The molecule has 0 bridgehead atoms. The summed E-state index contributed by atoms with van der Waals surface area (Å²) in [6.45, 7) is 1.92. The Labute approximate surface area is 160 Å². The van der Waals surface area contributed by atoms with Crippen LogP contribution in [-0.2, 0) is 11.2 Å². The molecule has 1 aliphatic heterocycles. The van der Waals surface area contributed by atoms with E-state index in [1.165, 1.54) is 12.8 Å². The molecular weight excluding hydrogens is 340 g/mol. The molecule has 1 unspecified atom stereocenters. The third-order valence-electron chi connectivity index (χ3n) is 5.68. The smallest absolute Gasteiger partial charge is 0.318 e. The summed E-state index contributed by atoms with van der Waals surface area (Å²) in [5, 5.41) is 11.7. The van der Waals surface area contributed by atoms with Crippen molar-refractivity contribution in [3.63, 3.8) is 0 Å². The van der Waals surface area contributed by atoms with E-state index in [2.05, 4.69) is 32.5 Å². The number of carbonyl (C=O) groups excluding carboxylic acids is 1. The zero-order chi connectivity index (χ0) is 18.5. The number of hydrogen-bond donors (Lipinski definition) is 1. The van der Waals surface area contributed by atoms with E-state index in [-0.39, 0.29) is 17.9 Å². The Morgan fingerprint density at radius 2 is 1.81 bits per heavy atom. The first-order valence-electron chi connectivity index (χ1n) is 10.2. The van der Waals surface area contributed by atoms with E-state index in [4.69, 9.17) is 4.42 Å². The predicted octanol–water partition coefficient (Wildman–Crippen LogP) is 3.65. The quantitative estimate of drug-likeness (QED) is 0.843. The molecule has 1 saturated heterocycles. The summed E-state index contributed by atoms with van der Waals surface area (Å²) in [7, 11) is 0. The summed E-state index contributed by atoms with van der Waals surface area (Å²) >= 11 is 0. The number of carbonyl (C=O) groups is 1. The molecule has 27 heavy (non-hydrogen) atoms. The molecule has 0 radical (unpaired) electrons. The monoisotopic (exact) mass is 368 g/mol. The van der Waals surface area contributed by atoms with Crippen LogP contribution in [0.5, 0.6) is 0 Å². The molecule has 1 amide bonds. The second-order valence-electron chi connectivity index (χ2n) is 7.70. The van der Waals surface area contributed by atoms with Crippen molar-refractivity contribution in [1.82, 2.24) is 15.5 Å². The Bertz CT molecular complexity index is 734. The van der Waals surface area contributed by atoms with Crippen LogP contribution in [0, 0.1) is 5.92 Å². The van der Waals surface area contributed by atoms with E-state index in [1.54, 1.807) is 0 Å². The van der Waals surface area contributed by atoms with Gasteiger partial charge >= 0.3 is 6.01 Å². The molecule has 144 valence electrons. The van der Waals surface area contributed by atoms with Crippen molar-refractivity contribution in [3.05, 3.63) is 41.8 Å². The molecule has 2 heterocycles. The topological polar surface area (TPSA) is 71.3 Å². The molecule has 0 spiro atoms. The lowest BCUT2D eigenvalue weighted by Crippen LogP contribution is -2.37. The highest BCUT2D eigenvalue weighted by Crippen LogP contribution is 2.28. The maximum absolute atomic E-state index is 12.5. The summed E-state index contributed by atoms with van der Waals surface area (Å²) in [6, 6.07) is 10.4. The first kappa shape index (κ1) is 18.0. The molecule has 1 saturated carbocycles. The lowest BCUT2D eigenvalue weighted by atomic mass is 9.84. The molecule has 1 aromatic heterocycles. The maximum Gasteiger partial charge on any atom is 0.318 e. The van der Waals surface area contributed by atoms with E-state index in [0.717, 1.165) is 50.8 Å². The normalized spacial score (nSPS) is 19.2. The van der Waals surface area contributed by atoms with Gasteiger partial charge in [-0.25, -0.2) is 0 Å². The number of hydrogen-bond acceptors (Lipinski definition) is 5. The van der Waals surface area contributed by atoms with E-state index in [9.17, 15) is 4.79 Å². The van der Waals surface area contributed by atoms with Gasteiger partial charge in [0.1, 0.15) is 6.04 Å². The highest BCUT2D eigenvalue weighted by molar-refractivity contribution is 5.79. The minimum Gasteiger partial charge on any atom is -0.406 e. The summed E-state index contributed by atoms with van der Waals surface area (Å²) in [4.78, 5) is 14.7. The molecule has 2 aliphatic rings. The third-order valence-corrected chi connectivity index (χ3v) is 5.68. The molecule has 1 aromatic carbocycles. The Morgan fingerprint density at radius 1 is 1.07 bits per heavy atom. The number of nitrogens with one attached hydrogen (secondary N) is 1. The average molecular weight is 368 g/mol. The zero-order valence-electron chi connectivity index (χ0n) is 15.8. The number of nitrogens with zero attached hydrogens (tertiary/aromatic N) is 3. The predicted molar refractivity (Wildman–Crippen MR) is 103 cm³/mol. The van der Waals surface area contributed by atoms with Crippen LogP contribution < -0.4 is 10.2 Å². The minimum absolute atomic E-state index is 0.108. The van der Waals surface area contributed by atoms with Gasteiger partial charge in [0.05, 0.1) is 0 Å². The molecule has 6 heteroatoms. The van der Waals surface area contributed by atoms with Gasteiger partial charge in [0, 0.05) is 25.4 Å². The van der Waals surface area contributed by atoms with Crippen molar-refractivity contribution in [2.45, 2.75) is 57.4 Å². The van der Waals surface area contributed by atoms with Crippen molar-refractivity contribution in [2.24, 2.45) is 5.92 Å². The third kappa shape index (κ3) is 4.49. The fourth-order valence-corrected chi connectivity index (χ4v) is 3.77. The van der Waals surface area contributed by atoms with Crippen LogP contribution in [0.2, 0.25) is 0 Å². The van der Waals surface area contributed by atoms with Crippen molar-refractivity contribution >= 4 is 11.9 Å². The second kappa shape index (κ2) is 8.55. The summed E-state index contributed by atoms with van der Waals surface area (Å²) in [5.74, 6) is 0.749. The lowest BCUT2D eigenvalue weighted by molar-refractivity contribution is -0.128. The Morgan fingerprint density at radius 3 is 2.48 bits per heavy atom. The summed E-state index contributed by atoms with van der Waals surface area (Å²) < 4.78 is 6.03. The van der Waals surface area contributed by atoms with E-state index >= 15 is 0 Å². The highest BCUT2D eigenvalue weighted by atomic mass is 16.4. The van der Waals surface area contributed by atoms with Crippen molar-refractivity contribution < 1.29 is 9.21 Å². The molecule has 1 N–H and O–H groups in total. The number of aromatic nitrogens is 2. The maximum atomic E-state index is 12.5. The van der Waals surface area contributed by atoms with Crippen LogP contribution in [0.15, 0.2) is 34.7 Å². The van der Waals surface area contributed by atoms with Gasteiger partial charge in [0.25, 0.3) is 0 Å². The van der Waals surface area contributed by atoms with Gasteiger partial charge in [0.2, 0.25) is 11.8 Å². The summed E-state index contributed by atoms with van der Waals surface area (Å²) in [5.41, 5.74) is 1.14. The van der Waals surface area contributed by atoms with E-state index in [0.29, 0.717) is 18.3 Å². The van der Waals surface area contributed by atoms with E-state index in [1.807, 2.05) is 18.2 Å². The van der Waals surface area contributed by atoms with Crippen LogP contribution in [0.3, 0.4) is 0 Å². The van der Waals surface area contributed by atoms with Crippen LogP contribution in [0.25, 0.3) is 0 Å². The van der Waals surface area contributed by atoms with Crippen LogP contribution >= 0.6 is 0 Å². The average Bonchev–Trinajstić information content (AvgIpc) is 2.96. The van der Waals surface area contributed by atoms with Crippen molar-refractivity contribution in [3.8, 4) is 0 Å². The lowest BCUT2D eigenvalue weighted by Gasteiger charge is -2.26.